The fourth-order valence-electron chi connectivity index (χ4n) is 2.49. The molecule has 1 aromatic heterocycles. The molecule has 0 saturated heterocycles. The first-order valence-electron chi connectivity index (χ1n) is 8.13. The zero-order chi connectivity index (χ0) is 18.4. The van der Waals surface area contributed by atoms with Crippen molar-refractivity contribution >= 4 is 21.8 Å². The van der Waals surface area contributed by atoms with Crippen molar-refractivity contribution in [1.29, 1.82) is 0 Å². The molecule has 0 amide bonds. The number of hydrogen-bond donors (Lipinski definition) is 1. The first-order chi connectivity index (χ1) is 11.8. The molecule has 0 fully saturated rings. The van der Waals surface area contributed by atoms with Gasteiger partial charge < -0.3 is 9.15 Å². The molecule has 0 radical (unpaired) electrons. The van der Waals surface area contributed by atoms with Gasteiger partial charge in [0.2, 0.25) is 10.0 Å². The summed E-state index contributed by atoms with van der Waals surface area (Å²) < 4.78 is 38.6. The second kappa shape index (κ2) is 8.78. The summed E-state index contributed by atoms with van der Waals surface area (Å²) >= 11 is 1.62. The average Bonchev–Trinajstić information content (AvgIpc) is 3.06. The van der Waals surface area contributed by atoms with Gasteiger partial charge in [0.15, 0.2) is 0 Å². The van der Waals surface area contributed by atoms with E-state index in [0.717, 1.165) is 22.8 Å². The Labute approximate surface area is 154 Å². The molecule has 2 aromatic rings. The lowest BCUT2D eigenvalue weighted by Gasteiger charge is -2.16. The number of ether oxygens (including phenoxy) is 1. The average molecular weight is 384 g/mol. The molecule has 0 unspecified atom stereocenters. The monoisotopic (exact) mass is 383 g/mol. The van der Waals surface area contributed by atoms with Crippen molar-refractivity contribution < 1.29 is 17.6 Å². The second-order valence-electron chi connectivity index (χ2n) is 6.04. The SMILES string of the molecule is COc1cc(C)c(S(=O)(=O)NCCSCc2ccco2)cc1C(C)C. The third kappa shape index (κ3) is 5.26. The van der Waals surface area contributed by atoms with Crippen LogP contribution in [0, 0.1) is 6.92 Å². The van der Waals surface area contributed by atoms with Crippen molar-refractivity contribution in [3.05, 3.63) is 47.4 Å². The summed E-state index contributed by atoms with van der Waals surface area (Å²) in [5.74, 6) is 3.19. The van der Waals surface area contributed by atoms with Crippen LogP contribution in [0.4, 0.5) is 0 Å². The van der Waals surface area contributed by atoms with Crippen LogP contribution in [0.5, 0.6) is 5.75 Å². The zero-order valence-corrected chi connectivity index (χ0v) is 16.7. The molecule has 0 spiro atoms. The summed E-state index contributed by atoms with van der Waals surface area (Å²) in [7, 11) is -1.95. The van der Waals surface area contributed by atoms with Gasteiger partial charge in [-0.15, -0.1) is 0 Å². The van der Waals surface area contributed by atoms with E-state index in [9.17, 15) is 8.42 Å². The number of hydrogen-bond acceptors (Lipinski definition) is 5. The second-order valence-corrected chi connectivity index (χ2v) is 8.88. The number of nitrogens with one attached hydrogen (secondary N) is 1. The molecule has 5 nitrogen and oxygen atoms in total. The van der Waals surface area contributed by atoms with E-state index in [0.29, 0.717) is 22.8 Å². The summed E-state index contributed by atoms with van der Waals surface area (Å²) in [6.07, 6.45) is 1.64. The van der Waals surface area contributed by atoms with Crippen LogP contribution in [0.15, 0.2) is 39.8 Å². The van der Waals surface area contributed by atoms with Gasteiger partial charge in [0.1, 0.15) is 11.5 Å². The van der Waals surface area contributed by atoms with Crippen LogP contribution in [0.1, 0.15) is 36.7 Å². The van der Waals surface area contributed by atoms with Crippen molar-refractivity contribution in [1.82, 2.24) is 4.72 Å². The van der Waals surface area contributed by atoms with Crippen LogP contribution in [0.3, 0.4) is 0 Å². The minimum absolute atomic E-state index is 0.174. The highest BCUT2D eigenvalue weighted by atomic mass is 32.2. The Morgan fingerprint density at radius 2 is 2.08 bits per heavy atom. The third-order valence-corrected chi connectivity index (χ3v) is 6.39. The zero-order valence-electron chi connectivity index (χ0n) is 15.0. The van der Waals surface area contributed by atoms with Crippen LogP contribution in [-0.2, 0) is 15.8 Å². The predicted molar refractivity (Wildman–Crippen MR) is 102 cm³/mol. The normalized spacial score (nSPS) is 11.9. The Bertz CT molecular complexity index is 784. The molecule has 25 heavy (non-hydrogen) atoms. The molecule has 0 aliphatic heterocycles. The summed E-state index contributed by atoms with van der Waals surface area (Å²) in [5, 5.41) is 0. The Morgan fingerprint density at radius 1 is 1.32 bits per heavy atom. The highest BCUT2D eigenvalue weighted by Crippen LogP contribution is 2.31. The first-order valence-corrected chi connectivity index (χ1v) is 10.8. The molecule has 0 aliphatic rings. The lowest BCUT2D eigenvalue weighted by molar-refractivity contribution is 0.406. The fraction of sp³-hybridized carbons (Fsp3) is 0.444. The molecule has 2 rings (SSSR count). The van der Waals surface area contributed by atoms with Crippen molar-refractivity contribution in [3.63, 3.8) is 0 Å². The van der Waals surface area contributed by atoms with Gasteiger partial charge in [-0.3, -0.25) is 0 Å². The van der Waals surface area contributed by atoms with E-state index in [-0.39, 0.29) is 5.92 Å². The summed E-state index contributed by atoms with van der Waals surface area (Å²) in [5.41, 5.74) is 1.57. The van der Waals surface area contributed by atoms with Crippen LogP contribution < -0.4 is 9.46 Å². The van der Waals surface area contributed by atoms with Crippen molar-refractivity contribution in [3.8, 4) is 5.75 Å². The van der Waals surface area contributed by atoms with Gasteiger partial charge in [-0.2, -0.15) is 11.8 Å². The Kier molecular flexibility index (Phi) is 6.98. The highest BCUT2D eigenvalue weighted by molar-refractivity contribution is 7.98. The Morgan fingerprint density at radius 3 is 2.68 bits per heavy atom. The molecule has 1 N–H and O–H groups in total. The lowest BCUT2D eigenvalue weighted by Crippen LogP contribution is -2.27. The molecule has 1 aromatic carbocycles. The van der Waals surface area contributed by atoms with Crippen LogP contribution in [0.25, 0.3) is 0 Å². The molecule has 0 saturated carbocycles. The third-order valence-electron chi connectivity index (χ3n) is 3.80. The van der Waals surface area contributed by atoms with Crippen molar-refractivity contribution in [2.75, 3.05) is 19.4 Å². The van der Waals surface area contributed by atoms with E-state index in [2.05, 4.69) is 4.72 Å². The standard InChI is InChI=1S/C18H25NO4S2/c1-13(2)16-11-18(14(3)10-17(16)22-4)25(20,21)19-7-9-24-12-15-6-5-8-23-15/h5-6,8,10-11,13,19H,7,9,12H2,1-4H3. The topological polar surface area (TPSA) is 68.5 Å². The molecule has 0 aliphatic carbocycles. The maximum absolute atomic E-state index is 12.6. The van der Waals surface area contributed by atoms with E-state index >= 15 is 0 Å². The van der Waals surface area contributed by atoms with E-state index in [1.165, 1.54) is 0 Å². The van der Waals surface area contributed by atoms with Crippen LogP contribution in [0.2, 0.25) is 0 Å². The number of benzene rings is 1. The maximum Gasteiger partial charge on any atom is 0.240 e. The van der Waals surface area contributed by atoms with Gasteiger partial charge in [-0.1, -0.05) is 13.8 Å². The molecule has 7 heteroatoms. The largest absolute Gasteiger partial charge is 0.496 e. The molecule has 1 heterocycles. The summed E-state index contributed by atoms with van der Waals surface area (Å²) in [6, 6.07) is 7.26. The Balaban J connectivity index is 2.02. The number of rotatable bonds is 9. The number of methoxy groups -OCH3 is 1. The van der Waals surface area contributed by atoms with Gasteiger partial charge in [0.05, 0.1) is 24.0 Å². The number of thioether (sulfide) groups is 1. The first kappa shape index (κ1) is 19.9. The van der Waals surface area contributed by atoms with E-state index in [1.54, 1.807) is 44.2 Å². The van der Waals surface area contributed by atoms with Gasteiger partial charge in [0, 0.05) is 12.3 Å². The minimum Gasteiger partial charge on any atom is -0.496 e. The van der Waals surface area contributed by atoms with Gasteiger partial charge >= 0.3 is 0 Å². The number of sulfonamides is 1. The smallest absolute Gasteiger partial charge is 0.240 e. The van der Waals surface area contributed by atoms with Crippen LogP contribution >= 0.6 is 11.8 Å². The lowest BCUT2D eigenvalue weighted by atomic mass is 10.0. The summed E-state index contributed by atoms with van der Waals surface area (Å²) in [4.78, 5) is 0.313. The molecular weight excluding hydrogens is 358 g/mol. The van der Waals surface area contributed by atoms with Gasteiger partial charge in [-0.05, 0) is 48.2 Å². The maximum atomic E-state index is 12.6. The fourth-order valence-corrected chi connectivity index (χ4v) is 4.66. The quantitative estimate of drug-likeness (QED) is 0.665. The number of furan rings is 1. The van der Waals surface area contributed by atoms with Gasteiger partial charge in [-0.25, -0.2) is 13.1 Å². The van der Waals surface area contributed by atoms with E-state index in [1.807, 2.05) is 26.0 Å². The Hall–Kier alpha value is -1.44. The van der Waals surface area contributed by atoms with Crippen LogP contribution in [-0.4, -0.2) is 27.8 Å². The van der Waals surface area contributed by atoms with Gasteiger partial charge in [0.25, 0.3) is 0 Å². The molecule has 0 atom stereocenters. The van der Waals surface area contributed by atoms with Crippen molar-refractivity contribution in [2.45, 2.75) is 37.3 Å². The van der Waals surface area contributed by atoms with Crippen molar-refractivity contribution in [2.24, 2.45) is 0 Å². The molecule has 138 valence electrons. The highest BCUT2D eigenvalue weighted by Gasteiger charge is 2.20. The number of aryl methyl sites for hydroxylation is 1. The summed E-state index contributed by atoms with van der Waals surface area (Å²) in [6.45, 7) is 6.19. The molecule has 0 bridgehead atoms. The predicted octanol–water partition coefficient (Wildman–Crippen LogP) is 3.93. The van der Waals surface area contributed by atoms with E-state index in [4.69, 9.17) is 9.15 Å². The molecular formula is C18H25NO4S2. The minimum atomic E-state index is -3.55. The van der Waals surface area contributed by atoms with E-state index < -0.39 is 10.0 Å².